The zero-order chi connectivity index (χ0) is 14.3. The number of carboxylic acid groups (broad SMARTS) is 1. The molecule has 0 atom stereocenters. The van der Waals surface area contributed by atoms with Crippen LogP contribution in [-0.4, -0.2) is 56.6 Å². The molecule has 1 aromatic heterocycles. The third-order valence-corrected chi connectivity index (χ3v) is 2.83. The van der Waals surface area contributed by atoms with Gasteiger partial charge in [0.2, 0.25) is 0 Å². The highest BCUT2D eigenvalue weighted by molar-refractivity contribution is 6.33. The monoisotopic (exact) mass is 288 g/mol. The molecule has 7 heteroatoms. The number of halogens is 1. The summed E-state index contributed by atoms with van der Waals surface area (Å²) in [5.74, 6) is -0.539. The molecule has 0 fully saturated rings. The summed E-state index contributed by atoms with van der Waals surface area (Å²) in [5.41, 5.74) is 0.0338. The Morgan fingerprint density at radius 3 is 2.42 bits per heavy atom. The largest absolute Gasteiger partial charge is 0.478 e. The Morgan fingerprint density at radius 2 is 1.95 bits per heavy atom. The van der Waals surface area contributed by atoms with Crippen LogP contribution in [0, 0.1) is 0 Å². The summed E-state index contributed by atoms with van der Waals surface area (Å²) >= 11 is 5.79. The van der Waals surface area contributed by atoms with Crippen LogP contribution in [0.15, 0.2) is 12.3 Å². The fourth-order valence-corrected chi connectivity index (χ4v) is 1.69. The van der Waals surface area contributed by atoms with E-state index >= 15 is 0 Å². The molecule has 1 heterocycles. The van der Waals surface area contributed by atoms with Gasteiger partial charge in [0.1, 0.15) is 5.82 Å². The molecule has 0 unspecified atom stereocenters. The maximum absolute atomic E-state index is 11.0. The second-order valence-corrected chi connectivity index (χ2v) is 4.21. The molecule has 0 radical (unpaired) electrons. The summed E-state index contributed by atoms with van der Waals surface area (Å²) in [6.45, 7) is 2.20. The van der Waals surface area contributed by atoms with E-state index in [9.17, 15) is 4.79 Å². The van der Waals surface area contributed by atoms with Crippen LogP contribution in [0.5, 0.6) is 0 Å². The lowest BCUT2D eigenvalue weighted by Gasteiger charge is -2.23. The van der Waals surface area contributed by atoms with Gasteiger partial charge in [-0.05, 0) is 6.07 Å². The first-order valence-electron chi connectivity index (χ1n) is 5.71. The van der Waals surface area contributed by atoms with Crippen molar-refractivity contribution in [2.45, 2.75) is 0 Å². The Hall–Kier alpha value is -1.37. The van der Waals surface area contributed by atoms with Gasteiger partial charge in [0.05, 0.1) is 23.8 Å². The molecule has 19 heavy (non-hydrogen) atoms. The molecule has 0 aliphatic heterocycles. The summed E-state index contributed by atoms with van der Waals surface area (Å²) < 4.78 is 10.0. The topological polar surface area (TPSA) is 71.9 Å². The van der Waals surface area contributed by atoms with Gasteiger partial charge in [0, 0.05) is 33.5 Å². The number of carboxylic acids is 1. The Bertz CT molecular complexity index is 420. The predicted octanol–water partition coefficient (Wildman–Crippen LogP) is 1.53. The van der Waals surface area contributed by atoms with Crippen molar-refractivity contribution in [2.24, 2.45) is 0 Å². The number of ether oxygens (including phenoxy) is 2. The van der Waals surface area contributed by atoms with Gasteiger partial charge < -0.3 is 19.5 Å². The molecule has 0 aliphatic rings. The first-order chi connectivity index (χ1) is 9.10. The van der Waals surface area contributed by atoms with Gasteiger partial charge >= 0.3 is 5.97 Å². The highest BCUT2D eigenvalue weighted by Gasteiger charge is 2.14. The minimum Gasteiger partial charge on any atom is -0.478 e. The van der Waals surface area contributed by atoms with Crippen molar-refractivity contribution in [3.05, 3.63) is 22.8 Å². The number of methoxy groups -OCH3 is 2. The van der Waals surface area contributed by atoms with Gasteiger partial charge in [0.25, 0.3) is 0 Å². The number of carbonyl (C=O) groups is 1. The highest BCUT2D eigenvalue weighted by atomic mass is 35.5. The fourth-order valence-electron chi connectivity index (χ4n) is 1.51. The first-order valence-corrected chi connectivity index (χ1v) is 6.09. The maximum Gasteiger partial charge on any atom is 0.337 e. The van der Waals surface area contributed by atoms with Gasteiger partial charge in [-0.25, -0.2) is 9.78 Å². The standard InChI is InChI=1S/C12H17ClN2O4/c1-18-5-3-15(4-6-19-2)11-7-9(12(16)17)10(13)8-14-11/h7-8H,3-6H2,1-2H3,(H,16,17). The lowest BCUT2D eigenvalue weighted by molar-refractivity contribution is 0.0697. The first kappa shape index (κ1) is 15.7. The Kier molecular flexibility index (Phi) is 6.55. The zero-order valence-corrected chi connectivity index (χ0v) is 11.7. The SMILES string of the molecule is COCCN(CCOC)c1cc(C(=O)O)c(Cl)cn1. The second-order valence-electron chi connectivity index (χ2n) is 3.80. The van der Waals surface area contributed by atoms with Crippen LogP contribution < -0.4 is 4.90 Å². The van der Waals surface area contributed by atoms with E-state index in [1.807, 2.05) is 4.90 Å². The van der Waals surface area contributed by atoms with Crippen molar-refractivity contribution < 1.29 is 19.4 Å². The number of hydrogen-bond donors (Lipinski definition) is 1. The summed E-state index contributed by atoms with van der Waals surface area (Å²) in [5, 5.41) is 9.16. The molecular weight excluding hydrogens is 272 g/mol. The number of hydrogen-bond acceptors (Lipinski definition) is 5. The van der Waals surface area contributed by atoms with Gasteiger partial charge in [-0.2, -0.15) is 0 Å². The van der Waals surface area contributed by atoms with Crippen molar-refractivity contribution >= 4 is 23.4 Å². The molecule has 6 nitrogen and oxygen atoms in total. The van der Waals surface area contributed by atoms with E-state index in [0.29, 0.717) is 32.1 Å². The van der Waals surface area contributed by atoms with Crippen LogP contribution in [0.25, 0.3) is 0 Å². The highest BCUT2D eigenvalue weighted by Crippen LogP contribution is 2.20. The molecule has 0 spiro atoms. The quantitative estimate of drug-likeness (QED) is 0.782. The van der Waals surface area contributed by atoms with Crippen LogP contribution in [0.3, 0.4) is 0 Å². The Morgan fingerprint density at radius 1 is 1.37 bits per heavy atom. The molecule has 1 aromatic rings. The summed E-state index contributed by atoms with van der Waals surface area (Å²) in [7, 11) is 3.21. The Labute approximate surface area is 116 Å². The molecule has 0 amide bonds. The van der Waals surface area contributed by atoms with E-state index in [-0.39, 0.29) is 10.6 Å². The lowest BCUT2D eigenvalue weighted by atomic mass is 10.2. The minimum absolute atomic E-state index is 0.0338. The van der Waals surface area contributed by atoms with E-state index in [1.54, 1.807) is 14.2 Å². The number of nitrogens with zero attached hydrogens (tertiary/aromatic N) is 2. The molecule has 0 aromatic carbocycles. The summed E-state index contributed by atoms with van der Waals surface area (Å²) in [6, 6.07) is 1.45. The van der Waals surface area contributed by atoms with E-state index in [0.717, 1.165) is 0 Å². The molecule has 0 saturated carbocycles. The average molecular weight is 289 g/mol. The second kappa shape index (κ2) is 7.93. The average Bonchev–Trinajstić information content (AvgIpc) is 2.39. The summed E-state index contributed by atoms with van der Waals surface area (Å²) in [6.07, 6.45) is 1.34. The molecule has 0 aliphatic carbocycles. The van der Waals surface area contributed by atoms with Crippen LogP contribution in [0.2, 0.25) is 5.02 Å². The molecule has 106 valence electrons. The van der Waals surface area contributed by atoms with Gasteiger partial charge in [-0.15, -0.1) is 0 Å². The Balaban J connectivity index is 2.93. The number of rotatable bonds is 8. The van der Waals surface area contributed by atoms with Gasteiger partial charge in [0.15, 0.2) is 0 Å². The lowest BCUT2D eigenvalue weighted by Crippen LogP contribution is -2.31. The minimum atomic E-state index is -1.08. The van der Waals surface area contributed by atoms with E-state index in [2.05, 4.69) is 4.98 Å². The number of pyridine rings is 1. The van der Waals surface area contributed by atoms with Gasteiger partial charge in [-0.3, -0.25) is 0 Å². The van der Waals surface area contributed by atoms with Crippen LogP contribution in [-0.2, 0) is 9.47 Å². The number of aromatic carboxylic acids is 1. The molecule has 1 rings (SSSR count). The van der Waals surface area contributed by atoms with E-state index < -0.39 is 5.97 Å². The smallest absolute Gasteiger partial charge is 0.337 e. The summed E-state index contributed by atoms with van der Waals surface area (Å²) in [4.78, 5) is 17.1. The van der Waals surface area contributed by atoms with Crippen molar-refractivity contribution in [3.63, 3.8) is 0 Å². The van der Waals surface area contributed by atoms with Crippen LogP contribution in [0.4, 0.5) is 5.82 Å². The van der Waals surface area contributed by atoms with Crippen molar-refractivity contribution in [1.82, 2.24) is 4.98 Å². The number of aromatic nitrogens is 1. The number of anilines is 1. The third kappa shape index (κ3) is 4.66. The molecule has 1 N–H and O–H groups in total. The molecular formula is C12H17ClN2O4. The van der Waals surface area contributed by atoms with E-state index in [1.165, 1.54) is 12.3 Å². The molecule has 0 saturated heterocycles. The fraction of sp³-hybridized carbons (Fsp3) is 0.500. The van der Waals surface area contributed by atoms with Crippen molar-refractivity contribution in [1.29, 1.82) is 0 Å². The predicted molar refractivity (Wildman–Crippen MR) is 72.2 cm³/mol. The van der Waals surface area contributed by atoms with E-state index in [4.69, 9.17) is 26.2 Å². The zero-order valence-electron chi connectivity index (χ0n) is 10.9. The molecule has 0 bridgehead atoms. The third-order valence-electron chi connectivity index (χ3n) is 2.53. The van der Waals surface area contributed by atoms with Crippen molar-refractivity contribution in [3.8, 4) is 0 Å². The van der Waals surface area contributed by atoms with Gasteiger partial charge in [-0.1, -0.05) is 11.6 Å². The van der Waals surface area contributed by atoms with Crippen LogP contribution >= 0.6 is 11.6 Å². The van der Waals surface area contributed by atoms with Crippen molar-refractivity contribution in [2.75, 3.05) is 45.4 Å². The van der Waals surface area contributed by atoms with Crippen LogP contribution in [0.1, 0.15) is 10.4 Å². The maximum atomic E-state index is 11.0. The normalized spacial score (nSPS) is 10.5.